The largest absolute Gasteiger partial charge is 0.339 e. The van der Waals surface area contributed by atoms with E-state index in [1.54, 1.807) is 24.3 Å². The van der Waals surface area contributed by atoms with Crippen molar-refractivity contribution in [1.29, 1.82) is 0 Å². The van der Waals surface area contributed by atoms with Gasteiger partial charge in [-0.25, -0.2) is 8.42 Å². The van der Waals surface area contributed by atoms with Crippen molar-refractivity contribution in [2.24, 2.45) is 0 Å². The highest BCUT2D eigenvalue weighted by atomic mass is 35.5. The van der Waals surface area contributed by atoms with Crippen molar-refractivity contribution < 1.29 is 8.42 Å². The van der Waals surface area contributed by atoms with Crippen LogP contribution in [0.25, 0.3) is 0 Å². The summed E-state index contributed by atoms with van der Waals surface area (Å²) in [6, 6.07) is 6.45. The molecule has 0 amide bonds. The lowest BCUT2D eigenvalue weighted by Gasteiger charge is -2.10. The Balaban J connectivity index is 2.30. The highest BCUT2D eigenvalue weighted by molar-refractivity contribution is 7.90. The summed E-state index contributed by atoms with van der Waals surface area (Å²) in [6.45, 7) is 3.76. The van der Waals surface area contributed by atoms with Crippen molar-refractivity contribution in [3.63, 3.8) is 0 Å². The molecule has 2 aromatic rings. The Morgan fingerprint density at radius 1 is 1.05 bits per heavy atom. The number of rotatable bonds is 3. The van der Waals surface area contributed by atoms with Gasteiger partial charge in [0, 0.05) is 11.9 Å². The number of halogens is 1. The minimum atomic E-state index is -3.19. The summed E-state index contributed by atoms with van der Waals surface area (Å²) >= 11 is 5.89. The first-order valence-corrected chi connectivity index (χ1v) is 8.12. The van der Waals surface area contributed by atoms with E-state index in [-0.39, 0.29) is 4.90 Å². The van der Waals surface area contributed by atoms with Crippen molar-refractivity contribution in [1.82, 2.24) is 10.2 Å². The molecule has 0 spiro atoms. The van der Waals surface area contributed by atoms with Gasteiger partial charge < -0.3 is 5.32 Å². The molecule has 2 rings (SSSR count). The van der Waals surface area contributed by atoms with Gasteiger partial charge in [0.15, 0.2) is 20.8 Å². The van der Waals surface area contributed by atoms with Crippen molar-refractivity contribution in [2.75, 3.05) is 11.6 Å². The van der Waals surface area contributed by atoms with Crippen molar-refractivity contribution in [3.8, 4) is 0 Å². The average Bonchev–Trinajstić information content (AvgIpc) is 2.39. The molecule has 106 valence electrons. The molecular weight excluding hydrogens is 298 g/mol. The summed E-state index contributed by atoms with van der Waals surface area (Å²) in [5, 5.41) is 11.3. The number of hydrogen-bond donors (Lipinski definition) is 1. The van der Waals surface area contributed by atoms with Gasteiger partial charge in [-0.05, 0) is 49.2 Å². The fourth-order valence-electron chi connectivity index (χ4n) is 1.62. The van der Waals surface area contributed by atoms with Gasteiger partial charge in [-0.1, -0.05) is 11.6 Å². The molecule has 0 radical (unpaired) electrons. The van der Waals surface area contributed by atoms with Crippen LogP contribution < -0.4 is 5.32 Å². The van der Waals surface area contributed by atoms with E-state index in [4.69, 9.17) is 11.6 Å². The quantitative estimate of drug-likeness (QED) is 0.943. The van der Waals surface area contributed by atoms with Crippen molar-refractivity contribution in [3.05, 3.63) is 40.5 Å². The third-order valence-corrected chi connectivity index (χ3v) is 4.50. The molecule has 0 atom stereocenters. The van der Waals surface area contributed by atoms with Crippen LogP contribution in [-0.2, 0) is 9.84 Å². The van der Waals surface area contributed by atoms with E-state index in [2.05, 4.69) is 15.5 Å². The van der Waals surface area contributed by atoms with Gasteiger partial charge in [-0.2, -0.15) is 0 Å². The summed E-state index contributed by atoms with van der Waals surface area (Å²) in [4.78, 5) is 0.276. The smallest absolute Gasteiger partial charge is 0.175 e. The Bertz CT molecular complexity index is 743. The molecule has 1 heterocycles. The Morgan fingerprint density at radius 2 is 1.65 bits per heavy atom. The van der Waals surface area contributed by atoms with E-state index in [1.807, 2.05) is 13.8 Å². The Morgan fingerprint density at radius 3 is 2.20 bits per heavy atom. The molecule has 1 aromatic heterocycles. The summed E-state index contributed by atoms with van der Waals surface area (Å²) in [5.41, 5.74) is 2.49. The molecule has 0 saturated carbocycles. The molecule has 0 bridgehead atoms. The number of aromatic nitrogens is 2. The van der Waals surface area contributed by atoms with Crippen LogP contribution in [0.5, 0.6) is 0 Å². The molecule has 7 heteroatoms. The van der Waals surface area contributed by atoms with Crippen LogP contribution in [0, 0.1) is 13.8 Å². The van der Waals surface area contributed by atoms with Gasteiger partial charge in [-0.3, -0.25) is 0 Å². The molecule has 0 aliphatic heterocycles. The second kappa shape index (κ2) is 5.38. The lowest BCUT2D eigenvalue weighted by atomic mass is 10.2. The lowest BCUT2D eigenvalue weighted by molar-refractivity contribution is 0.602. The summed E-state index contributed by atoms with van der Waals surface area (Å²) in [5.74, 6) is 0.596. The number of sulfone groups is 1. The monoisotopic (exact) mass is 311 g/mol. The lowest BCUT2D eigenvalue weighted by Crippen LogP contribution is -2.02. The van der Waals surface area contributed by atoms with Gasteiger partial charge in [0.1, 0.15) is 0 Å². The van der Waals surface area contributed by atoms with E-state index in [1.165, 1.54) is 6.26 Å². The first-order chi connectivity index (χ1) is 9.29. The van der Waals surface area contributed by atoms with E-state index < -0.39 is 9.84 Å². The Labute approximate surface area is 122 Å². The SMILES string of the molecule is Cc1c(Cl)nnc(Nc2ccc(S(C)(=O)=O)cc2)c1C. The number of nitrogens with one attached hydrogen (secondary N) is 1. The van der Waals surface area contributed by atoms with E-state index in [0.29, 0.717) is 11.0 Å². The van der Waals surface area contributed by atoms with Crippen LogP contribution in [0.4, 0.5) is 11.5 Å². The average molecular weight is 312 g/mol. The van der Waals surface area contributed by atoms with Crippen molar-refractivity contribution in [2.45, 2.75) is 18.7 Å². The van der Waals surface area contributed by atoms with Crippen LogP contribution in [0.2, 0.25) is 5.15 Å². The zero-order valence-electron chi connectivity index (χ0n) is 11.3. The number of benzene rings is 1. The minimum absolute atomic E-state index is 0.276. The Kier molecular flexibility index (Phi) is 3.96. The van der Waals surface area contributed by atoms with Gasteiger partial charge in [0.25, 0.3) is 0 Å². The zero-order chi connectivity index (χ0) is 14.9. The second-order valence-electron chi connectivity index (χ2n) is 4.51. The van der Waals surface area contributed by atoms with Gasteiger partial charge in [0.2, 0.25) is 0 Å². The Hall–Kier alpha value is -1.66. The molecule has 1 N–H and O–H groups in total. The molecule has 20 heavy (non-hydrogen) atoms. The first-order valence-electron chi connectivity index (χ1n) is 5.85. The standard InChI is InChI=1S/C13H14ClN3O2S/c1-8-9(2)13(17-16-12(8)14)15-10-4-6-11(7-5-10)20(3,18)19/h4-7H,1-3H3,(H,15,17). The molecule has 0 unspecified atom stereocenters. The van der Waals surface area contributed by atoms with E-state index in [0.717, 1.165) is 16.8 Å². The fourth-order valence-corrected chi connectivity index (χ4v) is 2.43. The minimum Gasteiger partial charge on any atom is -0.339 e. The molecule has 5 nitrogen and oxygen atoms in total. The molecular formula is C13H14ClN3O2S. The maximum atomic E-state index is 11.4. The summed E-state index contributed by atoms with van der Waals surface area (Å²) in [7, 11) is -3.19. The van der Waals surface area contributed by atoms with Gasteiger partial charge >= 0.3 is 0 Å². The summed E-state index contributed by atoms with van der Waals surface area (Å²) in [6.07, 6.45) is 1.17. The van der Waals surface area contributed by atoms with Crippen molar-refractivity contribution >= 4 is 32.9 Å². The van der Waals surface area contributed by atoms with E-state index >= 15 is 0 Å². The van der Waals surface area contributed by atoms with Crippen LogP contribution in [0.1, 0.15) is 11.1 Å². The number of anilines is 2. The molecule has 0 aliphatic rings. The molecule has 0 fully saturated rings. The number of nitrogens with zero attached hydrogens (tertiary/aromatic N) is 2. The molecule has 0 saturated heterocycles. The van der Waals surface area contributed by atoms with Gasteiger partial charge in [-0.15, -0.1) is 10.2 Å². The topological polar surface area (TPSA) is 72.0 Å². The normalized spacial score (nSPS) is 11.4. The van der Waals surface area contributed by atoms with Crippen LogP contribution in [0.15, 0.2) is 29.2 Å². The third kappa shape index (κ3) is 3.08. The highest BCUT2D eigenvalue weighted by Gasteiger charge is 2.09. The van der Waals surface area contributed by atoms with Gasteiger partial charge in [0.05, 0.1) is 4.90 Å². The maximum Gasteiger partial charge on any atom is 0.175 e. The second-order valence-corrected chi connectivity index (χ2v) is 6.88. The third-order valence-electron chi connectivity index (χ3n) is 3.01. The van der Waals surface area contributed by atoms with Crippen LogP contribution >= 0.6 is 11.6 Å². The predicted molar refractivity (Wildman–Crippen MR) is 79.4 cm³/mol. The highest BCUT2D eigenvalue weighted by Crippen LogP contribution is 2.24. The van der Waals surface area contributed by atoms with Crippen LogP contribution in [-0.4, -0.2) is 24.9 Å². The molecule has 0 aliphatic carbocycles. The first kappa shape index (κ1) is 14.7. The van der Waals surface area contributed by atoms with E-state index in [9.17, 15) is 8.42 Å². The number of hydrogen-bond acceptors (Lipinski definition) is 5. The maximum absolute atomic E-state index is 11.4. The molecule has 1 aromatic carbocycles. The predicted octanol–water partition coefficient (Wildman–Crippen LogP) is 2.89. The fraction of sp³-hybridized carbons (Fsp3) is 0.231. The zero-order valence-corrected chi connectivity index (χ0v) is 12.9. The summed E-state index contributed by atoms with van der Waals surface area (Å²) < 4.78 is 22.8. The van der Waals surface area contributed by atoms with Crippen LogP contribution in [0.3, 0.4) is 0 Å².